The van der Waals surface area contributed by atoms with Crippen molar-refractivity contribution in [2.24, 2.45) is 0 Å². The Hall–Kier alpha value is -2.53. The summed E-state index contributed by atoms with van der Waals surface area (Å²) >= 11 is 0. The number of ether oxygens (including phenoxy) is 1. The third-order valence-electron chi connectivity index (χ3n) is 3.08. The molecule has 0 aliphatic heterocycles. The first-order valence-electron chi connectivity index (χ1n) is 6.95. The van der Waals surface area contributed by atoms with Crippen molar-refractivity contribution in [2.45, 2.75) is 26.7 Å². The first-order valence-corrected chi connectivity index (χ1v) is 6.95. The summed E-state index contributed by atoms with van der Waals surface area (Å²) in [5.41, 5.74) is 2.86. The number of esters is 1. The first-order chi connectivity index (χ1) is 10.1. The summed E-state index contributed by atoms with van der Waals surface area (Å²) in [7, 11) is 0. The molecule has 2 aromatic rings. The highest BCUT2D eigenvalue weighted by molar-refractivity contribution is 5.91. The van der Waals surface area contributed by atoms with Crippen molar-refractivity contribution < 1.29 is 9.53 Å². The van der Waals surface area contributed by atoms with Crippen molar-refractivity contribution in [2.75, 3.05) is 0 Å². The molecule has 0 spiro atoms. The van der Waals surface area contributed by atoms with E-state index in [1.165, 1.54) is 0 Å². The monoisotopic (exact) mass is 278 g/mol. The lowest BCUT2D eigenvalue weighted by molar-refractivity contribution is -0.128. The van der Waals surface area contributed by atoms with Gasteiger partial charge in [0, 0.05) is 11.5 Å². The lowest BCUT2D eigenvalue weighted by Gasteiger charge is -2.12. The molecule has 106 valence electrons. The molecule has 0 aromatic heterocycles. The predicted molar refractivity (Wildman–Crippen MR) is 84.2 cm³/mol. The molecule has 0 heterocycles. The summed E-state index contributed by atoms with van der Waals surface area (Å²) in [6.07, 6.45) is 0. The number of carbonyl (C=O) groups excluding carboxylic acids is 1. The molecule has 0 aliphatic rings. The van der Waals surface area contributed by atoms with E-state index >= 15 is 0 Å². The number of hydrogen-bond acceptors (Lipinski definition) is 2. The van der Waals surface area contributed by atoms with Crippen LogP contribution in [0.3, 0.4) is 0 Å². The molecule has 21 heavy (non-hydrogen) atoms. The largest absolute Gasteiger partial charge is 0.417 e. The zero-order chi connectivity index (χ0) is 15.2. The molecular weight excluding hydrogens is 260 g/mol. The zero-order valence-corrected chi connectivity index (χ0v) is 12.5. The maximum Gasteiger partial charge on any atom is 0.390 e. The molecule has 0 bridgehead atoms. The number of rotatable bonds is 2. The normalized spacial score (nSPS) is 9.90. The fourth-order valence-electron chi connectivity index (χ4n) is 1.98. The van der Waals surface area contributed by atoms with Gasteiger partial charge < -0.3 is 4.74 Å². The van der Waals surface area contributed by atoms with Crippen LogP contribution < -0.4 is 4.74 Å². The second kappa shape index (κ2) is 6.76. The van der Waals surface area contributed by atoms with Crippen molar-refractivity contribution in [3.05, 3.63) is 65.2 Å². The van der Waals surface area contributed by atoms with E-state index in [0.29, 0.717) is 5.75 Å². The SMILES string of the molecule is Cc1ccc(C(C)C)c(OC(=O)C#Cc2ccccc2)c1. The molecule has 2 heteroatoms. The van der Waals surface area contributed by atoms with Crippen LogP contribution in [0.25, 0.3) is 0 Å². The van der Waals surface area contributed by atoms with E-state index in [1.54, 1.807) is 0 Å². The van der Waals surface area contributed by atoms with E-state index in [1.807, 2.05) is 55.5 Å². The summed E-state index contributed by atoms with van der Waals surface area (Å²) in [6, 6.07) is 15.3. The average Bonchev–Trinajstić information content (AvgIpc) is 2.46. The van der Waals surface area contributed by atoms with Gasteiger partial charge in [0.15, 0.2) is 0 Å². The minimum Gasteiger partial charge on any atom is -0.417 e. The maximum atomic E-state index is 11.9. The minimum atomic E-state index is -0.536. The van der Waals surface area contributed by atoms with Gasteiger partial charge in [0.25, 0.3) is 0 Å². The van der Waals surface area contributed by atoms with Crippen molar-refractivity contribution in [1.82, 2.24) is 0 Å². The van der Waals surface area contributed by atoms with E-state index in [2.05, 4.69) is 25.7 Å². The van der Waals surface area contributed by atoms with Crippen LogP contribution in [0.15, 0.2) is 48.5 Å². The summed E-state index contributed by atoms with van der Waals surface area (Å²) in [4.78, 5) is 11.9. The van der Waals surface area contributed by atoms with Crippen LogP contribution in [0.2, 0.25) is 0 Å². The molecule has 0 saturated carbocycles. The third kappa shape index (κ3) is 4.22. The molecule has 2 rings (SSSR count). The Balaban J connectivity index is 2.17. The second-order valence-corrected chi connectivity index (χ2v) is 5.20. The van der Waals surface area contributed by atoms with Crippen LogP contribution in [-0.4, -0.2) is 5.97 Å². The fraction of sp³-hybridized carbons (Fsp3) is 0.211. The Labute approximate surface area is 125 Å². The Kier molecular flexibility index (Phi) is 4.79. The van der Waals surface area contributed by atoms with Crippen LogP contribution in [0.1, 0.15) is 36.5 Å². The summed E-state index contributed by atoms with van der Waals surface area (Å²) in [6.45, 7) is 6.10. The molecule has 0 radical (unpaired) electrons. The second-order valence-electron chi connectivity index (χ2n) is 5.20. The van der Waals surface area contributed by atoms with Gasteiger partial charge in [-0.1, -0.05) is 50.1 Å². The standard InChI is InChI=1S/C19H18O2/c1-14(2)17-11-9-15(3)13-18(17)21-19(20)12-10-16-7-5-4-6-8-16/h4-9,11,13-14H,1-3H3. The van der Waals surface area contributed by atoms with Crippen molar-refractivity contribution in [1.29, 1.82) is 0 Å². The van der Waals surface area contributed by atoms with Gasteiger partial charge in [-0.3, -0.25) is 0 Å². The summed E-state index contributed by atoms with van der Waals surface area (Å²) in [5.74, 6) is 5.67. The average molecular weight is 278 g/mol. The number of aryl methyl sites for hydroxylation is 1. The molecule has 0 atom stereocenters. The van der Waals surface area contributed by atoms with Gasteiger partial charge in [0.2, 0.25) is 0 Å². The van der Waals surface area contributed by atoms with Gasteiger partial charge in [-0.25, -0.2) is 4.79 Å². The van der Waals surface area contributed by atoms with Crippen LogP contribution >= 0.6 is 0 Å². The molecule has 0 fully saturated rings. The smallest absolute Gasteiger partial charge is 0.390 e. The lowest BCUT2D eigenvalue weighted by Crippen LogP contribution is -2.07. The summed E-state index contributed by atoms with van der Waals surface area (Å²) < 4.78 is 5.40. The highest BCUT2D eigenvalue weighted by Crippen LogP contribution is 2.27. The minimum absolute atomic E-state index is 0.287. The van der Waals surface area contributed by atoms with Crippen LogP contribution in [0, 0.1) is 18.8 Å². The molecule has 0 N–H and O–H groups in total. The molecular formula is C19H18O2. The molecule has 0 unspecified atom stereocenters. The highest BCUT2D eigenvalue weighted by atomic mass is 16.5. The predicted octanol–water partition coefficient (Wildman–Crippen LogP) is 4.08. The van der Waals surface area contributed by atoms with Gasteiger partial charge >= 0.3 is 5.97 Å². The number of benzene rings is 2. The zero-order valence-electron chi connectivity index (χ0n) is 12.5. The Morgan fingerprint density at radius 2 is 1.81 bits per heavy atom. The van der Waals surface area contributed by atoms with E-state index in [0.717, 1.165) is 16.7 Å². The van der Waals surface area contributed by atoms with E-state index in [9.17, 15) is 4.79 Å². The number of hydrogen-bond donors (Lipinski definition) is 0. The van der Waals surface area contributed by atoms with Crippen molar-refractivity contribution in [3.63, 3.8) is 0 Å². The van der Waals surface area contributed by atoms with Crippen LogP contribution in [0.4, 0.5) is 0 Å². The topological polar surface area (TPSA) is 26.3 Å². The van der Waals surface area contributed by atoms with Gasteiger partial charge in [-0.15, -0.1) is 0 Å². The molecule has 0 amide bonds. The van der Waals surface area contributed by atoms with Gasteiger partial charge in [0.05, 0.1) is 0 Å². The van der Waals surface area contributed by atoms with E-state index in [-0.39, 0.29) is 5.92 Å². The molecule has 2 nitrogen and oxygen atoms in total. The van der Waals surface area contributed by atoms with E-state index < -0.39 is 5.97 Å². The van der Waals surface area contributed by atoms with Crippen molar-refractivity contribution in [3.8, 4) is 17.6 Å². The highest BCUT2D eigenvalue weighted by Gasteiger charge is 2.10. The maximum absolute atomic E-state index is 11.9. The summed E-state index contributed by atoms with van der Waals surface area (Å²) in [5, 5.41) is 0. The molecule has 0 saturated heterocycles. The third-order valence-corrected chi connectivity index (χ3v) is 3.08. The Bertz CT molecular complexity index is 688. The Morgan fingerprint density at radius 3 is 2.48 bits per heavy atom. The quantitative estimate of drug-likeness (QED) is 0.470. The fourth-order valence-corrected chi connectivity index (χ4v) is 1.98. The van der Waals surface area contributed by atoms with Gasteiger partial charge in [0.1, 0.15) is 5.75 Å². The molecule has 2 aromatic carbocycles. The van der Waals surface area contributed by atoms with Crippen LogP contribution in [-0.2, 0) is 4.79 Å². The number of carbonyl (C=O) groups is 1. The van der Waals surface area contributed by atoms with Crippen LogP contribution in [0.5, 0.6) is 5.75 Å². The first kappa shape index (κ1) is 14.9. The van der Waals surface area contributed by atoms with Crippen molar-refractivity contribution >= 4 is 5.97 Å². The van der Waals surface area contributed by atoms with Gasteiger partial charge in [-0.05, 0) is 42.2 Å². The van der Waals surface area contributed by atoms with E-state index in [4.69, 9.17) is 4.74 Å². The Morgan fingerprint density at radius 1 is 1.10 bits per heavy atom. The lowest BCUT2D eigenvalue weighted by atomic mass is 10.0. The molecule has 0 aliphatic carbocycles. The van der Waals surface area contributed by atoms with Gasteiger partial charge in [-0.2, -0.15) is 0 Å².